The first kappa shape index (κ1) is 25.9. The van der Waals surface area contributed by atoms with E-state index in [1.165, 1.54) is 10.2 Å². The van der Waals surface area contributed by atoms with Gasteiger partial charge in [0, 0.05) is 44.5 Å². The lowest BCUT2D eigenvalue weighted by molar-refractivity contribution is 0.0929. The predicted octanol–water partition coefficient (Wildman–Crippen LogP) is 2.94. The van der Waals surface area contributed by atoms with Crippen molar-refractivity contribution in [2.75, 3.05) is 35.6 Å². The third kappa shape index (κ3) is 4.56. The number of piperidine rings is 1. The molecule has 3 aromatic heterocycles. The largest absolute Gasteiger partial charge is 0.381 e. The van der Waals surface area contributed by atoms with Crippen molar-refractivity contribution < 1.29 is 4.79 Å². The maximum absolute atomic E-state index is 13.3. The van der Waals surface area contributed by atoms with Crippen molar-refractivity contribution in [2.24, 2.45) is 7.05 Å². The molecule has 2 aliphatic rings. The van der Waals surface area contributed by atoms with E-state index in [1.807, 2.05) is 0 Å². The third-order valence-electron chi connectivity index (χ3n) is 7.72. The summed E-state index contributed by atoms with van der Waals surface area (Å²) in [7, 11) is 1.74. The highest BCUT2D eigenvalue weighted by Crippen LogP contribution is 2.29. The fourth-order valence-corrected chi connectivity index (χ4v) is 5.65. The summed E-state index contributed by atoms with van der Waals surface area (Å²) in [4.78, 5) is 42.4. The van der Waals surface area contributed by atoms with Gasteiger partial charge < -0.3 is 21.3 Å². The Labute approximate surface area is 236 Å². The molecule has 0 bridgehead atoms. The average molecular weight is 560 g/mol. The Balaban J connectivity index is 1.16. The molecule has 2 aliphatic heterocycles. The molecular formula is C28H30ClN9O2. The number of aromatic nitrogens is 5. The number of nitrogens with one attached hydrogen (secondary N) is 2. The van der Waals surface area contributed by atoms with Gasteiger partial charge in [0.15, 0.2) is 11.6 Å². The van der Waals surface area contributed by atoms with Crippen LogP contribution < -0.4 is 26.8 Å². The molecule has 6 rings (SSSR count). The zero-order chi connectivity index (χ0) is 28.0. The molecule has 0 aliphatic carbocycles. The molecule has 1 saturated heterocycles. The SMILES string of the molecule is Cc1c(C(=O)NC2CCN(c3nc(-c4cnc5c(c4)CCN5)cnc3N)CC2)c(=O)n(-c2ccccc2Cl)n1C. The van der Waals surface area contributed by atoms with E-state index in [0.717, 1.165) is 30.0 Å². The fourth-order valence-electron chi connectivity index (χ4n) is 5.43. The van der Waals surface area contributed by atoms with Crippen LogP contribution in [0.1, 0.15) is 34.5 Å². The number of halogens is 1. The number of fused-ring (bicyclic) bond motifs is 1. The molecule has 0 atom stereocenters. The number of carbonyl (C=O) groups is 1. The molecule has 0 saturated carbocycles. The molecule has 0 spiro atoms. The van der Waals surface area contributed by atoms with Gasteiger partial charge in [-0.15, -0.1) is 0 Å². The maximum Gasteiger partial charge on any atom is 0.284 e. The second kappa shape index (κ2) is 10.3. The quantitative estimate of drug-likeness (QED) is 0.339. The number of carbonyl (C=O) groups excluding carboxylic acids is 1. The molecule has 4 aromatic rings. The Hall–Kier alpha value is -4.38. The van der Waals surface area contributed by atoms with Crippen molar-refractivity contribution in [1.29, 1.82) is 0 Å². The Morgan fingerprint density at radius 3 is 2.73 bits per heavy atom. The summed E-state index contributed by atoms with van der Waals surface area (Å²) < 4.78 is 3.08. The van der Waals surface area contributed by atoms with Gasteiger partial charge in [-0.2, -0.15) is 0 Å². The van der Waals surface area contributed by atoms with Crippen molar-refractivity contribution in [2.45, 2.75) is 32.2 Å². The zero-order valence-electron chi connectivity index (χ0n) is 22.3. The molecule has 5 heterocycles. The first-order chi connectivity index (χ1) is 19.3. The molecule has 4 N–H and O–H groups in total. The Kier molecular flexibility index (Phi) is 6.67. The van der Waals surface area contributed by atoms with Gasteiger partial charge in [-0.25, -0.2) is 19.6 Å². The smallest absolute Gasteiger partial charge is 0.284 e. The van der Waals surface area contributed by atoms with Crippen LogP contribution in [-0.4, -0.2) is 55.9 Å². The maximum atomic E-state index is 13.3. The topological polar surface area (TPSA) is 136 Å². The summed E-state index contributed by atoms with van der Waals surface area (Å²) in [5.41, 5.74) is 9.83. The Bertz CT molecular complexity index is 1670. The van der Waals surface area contributed by atoms with E-state index in [9.17, 15) is 9.59 Å². The summed E-state index contributed by atoms with van der Waals surface area (Å²) in [5, 5.41) is 6.76. The number of para-hydroxylation sites is 1. The van der Waals surface area contributed by atoms with Gasteiger partial charge in [-0.3, -0.25) is 14.3 Å². The van der Waals surface area contributed by atoms with Crippen molar-refractivity contribution in [1.82, 2.24) is 29.6 Å². The van der Waals surface area contributed by atoms with Gasteiger partial charge in [-0.05, 0) is 49.9 Å². The number of hydrogen-bond acceptors (Lipinski definition) is 8. The minimum Gasteiger partial charge on any atom is -0.381 e. The van der Waals surface area contributed by atoms with Gasteiger partial charge in [0.1, 0.15) is 11.4 Å². The Morgan fingerprint density at radius 1 is 1.18 bits per heavy atom. The molecule has 0 unspecified atom stereocenters. The van der Waals surface area contributed by atoms with E-state index in [-0.39, 0.29) is 17.5 Å². The van der Waals surface area contributed by atoms with E-state index in [1.54, 1.807) is 55.3 Å². The molecule has 11 nitrogen and oxygen atoms in total. The number of hydrogen-bond donors (Lipinski definition) is 3. The summed E-state index contributed by atoms with van der Waals surface area (Å²) in [6.45, 7) is 3.92. The standard InChI is InChI=1S/C28H30ClN9O2/c1-16-23(28(40)38(36(16)2)22-6-4-3-5-20(22)29)27(39)34-19-8-11-37(12-9-19)26-24(30)32-15-21(35-26)18-13-17-7-10-31-25(17)33-14-18/h3-6,13-15,19H,7-12H2,1-2H3,(H2,30,32)(H,31,33)(H,34,39). The molecular weight excluding hydrogens is 530 g/mol. The number of rotatable bonds is 5. The molecule has 12 heteroatoms. The molecule has 1 amide bonds. The van der Waals surface area contributed by atoms with Crippen LogP contribution in [0.15, 0.2) is 47.5 Å². The summed E-state index contributed by atoms with van der Waals surface area (Å²) in [5.74, 6) is 1.52. The Morgan fingerprint density at radius 2 is 1.95 bits per heavy atom. The molecule has 1 fully saturated rings. The number of amides is 1. The van der Waals surface area contributed by atoms with Gasteiger partial charge in [0.2, 0.25) is 0 Å². The fraction of sp³-hybridized carbons (Fsp3) is 0.321. The first-order valence-corrected chi connectivity index (χ1v) is 13.6. The van der Waals surface area contributed by atoms with Crippen LogP contribution in [0.25, 0.3) is 16.9 Å². The highest BCUT2D eigenvalue weighted by Gasteiger charge is 2.28. The zero-order valence-corrected chi connectivity index (χ0v) is 23.1. The molecule has 40 heavy (non-hydrogen) atoms. The predicted molar refractivity (Wildman–Crippen MR) is 155 cm³/mol. The minimum absolute atomic E-state index is 0.0951. The lowest BCUT2D eigenvalue weighted by Crippen LogP contribution is -2.46. The summed E-state index contributed by atoms with van der Waals surface area (Å²) in [6, 6.07) is 9.07. The van der Waals surface area contributed by atoms with Crippen molar-refractivity contribution in [3.05, 3.63) is 74.9 Å². The summed E-state index contributed by atoms with van der Waals surface area (Å²) in [6.07, 6.45) is 5.76. The first-order valence-electron chi connectivity index (χ1n) is 13.3. The van der Waals surface area contributed by atoms with Gasteiger partial charge in [0.25, 0.3) is 11.5 Å². The van der Waals surface area contributed by atoms with Gasteiger partial charge in [-0.1, -0.05) is 23.7 Å². The van der Waals surface area contributed by atoms with Crippen LogP contribution in [0.5, 0.6) is 0 Å². The highest BCUT2D eigenvalue weighted by atomic mass is 35.5. The van der Waals surface area contributed by atoms with Crippen LogP contribution in [-0.2, 0) is 13.5 Å². The van der Waals surface area contributed by atoms with E-state index >= 15 is 0 Å². The van der Waals surface area contributed by atoms with E-state index < -0.39 is 5.56 Å². The van der Waals surface area contributed by atoms with Crippen LogP contribution in [0.4, 0.5) is 17.5 Å². The number of nitrogens with two attached hydrogens (primary N) is 1. The lowest BCUT2D eigenvalue weighted by atomic mass is 10.0. The van der Waals surface area contributed by atoms with Gasteiger partial charge >= 0.3 is 0 Å². The number of anilines is 3. The summed E-state index contributed by atoms with van der Waals surface area (Å²) >= 11 is 6.34. The second-order valence-electron chi connectivity index (χ2n) is 10.2. The third-order valence-corrected chi connectivity index (χ3v) is 8.04. The van der Waals surface area contributed by atoms with E-state index in [2.05, 4.69) is 31.6 Å². The molecule has 1 aromatic carbocycles. The van der Waals surface area contributed by atoms with Crippen molar-refractivity contribution >= 4 is 35.0 Å². The normalized spacial score (nSPS) is 15.1. The second-order valence-corrected chi connectivity index (χ2v) is 10.6. The van der Waals surface area contributed by atoms with Crippen molar-refractivity contribution in [3.63, 3.8) is 0 Å². The lowest BCUT2D eigenvalue weighted by Gasteiger charge is -2.33. The number of nitrogen functional groups attached to an aromatic ring is 1. The molecule has 0 radical (unpaired) electrons. The average Bonchev–Trinajstić information content (AvgIpc) is 3.51. The highest BCUT2D eigenvalue weighted by molar-refractivity contribution is 6.32. The van der Waals surface area contributed by atoms with E-state index in [4.69, 9.17) is 22.3 Å². The van der Waals surface area contributed by atoms with E-state index in [0.29, 0.717) is 54.0 Å². The minimum atomic E-state index is -0.403. The number of benzene rings is 1. The van der Waals surface area contributed by atoms with Crippen LogP contribution in [0.2, 0.25) is 5.02 Å². The molecule has 206 valence electrons. The van der Waals surface area contributed by atoms with Crippen molar-refractivity contribution in [3.8, 4) is 16.9 Å². The number of nitrogens with zero attached hydrogens (tertiary/aromatic N) is 6. The van der Waals surface area contributed by atoms with Crippen LogP contribution >= 0.6 is 11.6 Å². The van der Waals surface area contributed by atoms with Crippen LogP contribution in [0, 0.1) is 6.92 Å². The number of pyridine rings is 1. The monoisotopic (exact) mass is 559 g/mol. The van der Waals surface area contributed by atoms with Gasteiger partial charge in [0.05, 0.1) is 28.3 Å². The van der Waals surface area contributed by atoms with Crippen LogP contribution in [0.3, 0.4) is 0 Å².